The van der Waals surface area contributed by atoms with Gasteiger partial charge in [0, 0.05) is 39.4 Å². The molecule has 0 aromatic carbocycles. The number of piperidine rings is 2. The summed E-state index contributed by atoms with van der Waals surface area (Å²) in [5.74, 6) is 0.149. The molecule has 2 aliphatic rings. The minimum Gasteiger partial charge on any atom is -0.383 e. The molecule has 0 radical (unpaired) electrons. The standard InChI is InChI=1S/C16H24N4O3/c1-23-11-10-20-14(21)4-2-6-16(20)7-3-9-19(12-16)15(22)13-5-8-17-18-13/h5,8H,2-4,6-7,9-12H2,1H3,(H,17,18). The van der Waals surface area contributed by atoms with E-state index < -0.39 is 0 Å². The van der Waals surface area contributed by atoms with Crippen LogP contribution in [0.5, 0.6) is 0 Å². The van der Waals surface area contributed by atoms with Crippen molar-refractivity contribution in [2.24, 2.45) is 0 Å². The van der Waals surface area contributed by atoms with E-state index in [0.717, 1.165) is 32.2 Å². The normalized spacial score (nSPS) is 25.2. The molecule has 1 aromatic heterocycles. The molecule has 1 N–H and O–H groups in total. The molecule has 0 aliphatic carbocycles. The summed E-state index contributed by atoms with van der Waals surface area (Å²) in [6, 6.07) is 1.69. The fraction of sp³-hybridized carbons (Fsp3) is 0.688. The van der Waals surface area contributed by atoms with Crippen molar-refractivity contribution in [3.63, 3.8) is 0 Å². The summed E-state index contributed by atoms with van der Waals surface area (Å²) in [5.41, 5.74) is 0.273. The molecule has 7 nitrogen and oxygen atoms in total. The van der Waals surface area contributed by atoms with Crippen molar-refractivity contribution in [3.05, 3.63) is 18.0 Å². The van der Waals surface area contributed by atoms with Crippen molar-refractivity contribution in [2.45, 2.75) is 37.6 Å². The highest BCUT2D eigenvalue weighted by Gasteiger charge is 2.45. The summed E-state index contributed by atoms with van der Waals surface area (Å²) in [4.78, 5) is 28.9. The van der Waals surface area contributed by atoms with Crippen molar-refractivity contribution < 1.29 is 14.3 Å². The lowest BCUT2D eigenvalue weighted by molar-refractivity contribution is -0.146. The molecular formula is C16H24N4O3. The Morgan fingerprint density at radius 2 is 2.26 bits per heavy atom. The van der Waals surface area contributed by atoms with Gasteiger partial charge in [-0.05, 0) is 31.7 Å². The van der Waals surface area contributed by atoms with E-state index in [1.165, 1.54) is 0 Å². The Labute approximate surface area is 136 Å². The predicted molar refractivity (Wildman–Crippen MR) is 83.9 cm³/mol. The van der Waals surface area contributed by atoms with Crippen LogP contribution in [-0.4, -0.2) is 70.7 Å². The largest absolute Gasteiger partial charge is 0.383 e. The lowest BCUT2D eigenvalue weighted by Crippen LogP contribution is -2.63. The number of carbonyl (C=O) groups excluding carboxylic acids is 2. The van der Waals surface area contributed by atoms with Crippen molar-refractivity contribution in [2.75, 3.05) is 33.4 Å². The topological polar surface area (TPSA) is 78.5 Å². The second-order valence-electron chi connectivity index (χ2n) is 6.42. The van der Waals surface area contributed by atoms with Crippen molar-refractivity contribution in [1.29, 1.82) is 0 Å². The van der Waals surface area contributed by atoms with E-state index in [9.17, 15) is 9.59 Å². The first-order chi connectivity index (χ1) is 11.2. The van der Waals surface area contributed by atoms with Crippen LogP contribution in [0.2, 0.25) is 0 Å². The number of hydrogen-bond donors (Lipinski definition) is 1. The third-order valence-corrected chi connectivity index (χ3v) is 5.00. The molecule has 2 saturated heterocycles. The lowest BCUT2D eigenvalue weighted by Gasteiger charge is -2.52. The van der Waals surface area contributed by atoms with E-state index in [1.54, 1.807) is 19.4 Å². The molecule has 2 amide bonds. The fourth-order valence-electron chi connectivity index (χ4n) is 3.90. The van der Waals surface area contributed by atoms with E-state index in [1.807, 2.05) is 9.80 Å². The minimum atomic E-state index is -0.234. The average molecular weight is 320 g/mol. The summed E-state index contributed by atoms with van der Waals surface area (Å²) >= 11 is 0. The average Bonchev–Trinajstić information content (AvgIpc) is 3.08. The van der Waals surface area contributed by atoms with E-state index in [-0.39, 0.29) is 17.4 Å². The van der Waals surface area contributed by atoms with Gasteiger partial charge < -0.3 is 14.5 Å². The number of aromatic nitrogens is 2. The molecule has 3 rings (SSSR count). The van der Waals surface area contributed by atoms with Gasteiger partial charge in [-0.1, -0.05) is 0 Å². The number of nitrogens with one attached hydrogen (secondary N) is 1. The number of nitrogens with zero attached hydrogens (tertiary/aromatic N) is 3. The Balaban J connectivity index is 1.79. The summed E-state index contributed by atoms with van der Waals surface area (Å²) in [7, 11) is 1.65. The van der Waals surface area contributed by atoms with Crippen LogP contribution in [0.15, 0.2) is 12.3 Å². The SMILES string of the molecule is COCCN1C(=O)CCCC12CCCN(C(=O)c1ccn[nH]1)C2. The number of H-pyrrole nitrogens is 1. The number of carbonyl (C=O) groups is 2. The van der Waals surface area contributed by atoms with E-state index in [2.05, 4.69) is 10.2 Å². The monoisotopic (exact) mass is 320 g/mol. The van der Waals surface area contributed by atoms with Gasteiger partial charge in [0.15, 0.2) is 0 Å². The zero-order valence-electron chi connectivity index (χ0n) is 13.6. The number of likely N-dealkylation sites (tertiary alicyclic amines) is 2. The molecule has 0 saturated carbocycles. The maximum atomic E-state index is 12.6. The van der Waals surface area contributed by atoms with Crippen molar-refractivity contribution in [1.82, 2.24) is 20.0 Å². The van der Waals surface area contributed by atoms with Crippen LogP contribution in [0.3, 0.4) is 0 Å². The predicted octanol–water partition coefficient (Wildman–Crippen LogP) is 1.04. The fourth-order valence-corrected chi connectivity index (χ4v) is 3.90. The minimum absolute atomic E-state index is 0.0358. The van der Waals surface area contributed by atoms with Crippen LogP contribution in [0.1, 0.15) is 42.6 Å². The van der Waals surface area contributed by atoms with Gasteiger partial charge in [0.1, 0.15) is 5.69 Å². The second-order valence-corrected chi connectivity index (χ2v) is 6.42. The van der Waals surface area contributed by atoms with Gasteiger partial charge in [-0.3, -0.25) is 14.7 Å². The Hall–Kier alpha value is -1.89. The van der Waals surface area contributed by atoms with Gasteiger partial charge in [-0.15, -0.1) is 0 Å². The van der Waals surface area contributed by atoms with E-state index in [4.69, 9.17) is 4.74 Å². The molecule has 2 aliphatic heterocycles. The summed E-state index contributed by atoms with van der Waals surface area (Å²) in [6.45, 7) is 2.45. The Kier molecular flexibility index (Phi) is 4.66. The van der Waals surface area contributed by atoms with Gasteiger partial charge in [0.2, 0.25) is 5.91 Å². The summed E-state index contributed by atoms with van der Waals surface area (Å²) in [6.07, 6.45) is 5.90. The van der Waals surface area contributed by atoms with Gasteiger partial charge in [0.25, 0.3) is 5.91 Å². The van der Waals surface area contributed by atoms with Crippen LogP contribution in [0.4, 0.5) is 0 Å². The number of methoxy groups -OCH3 is 1. The number of ether oxygens (including phenoxy) is 1. The molecule has 7 heteroatoms. The Bertz CT molecular complexity index is 556. The third kappa shape index (κ3) is 3.10. The van der Waals surface area contributed by atoms with Crippen LogP contribution in [0.25, 0.3) is 0 Å². The first-order valence-corrected chi connectivity index (χ1v) is 8.24. The summed E-state index contributed by atoms with van der Waals surface area (Å²) < 4.78 is 5.17. The van der Waals surface area contributed by atoms with Crippen LogP contribution in [-0.2, 0) is 9.53 Å². The number of amides is 2. The maximum Gasteiger partial charge on any atom is 0.271 e. The highest BCUT2D eigenvalue weighted by Crippen LogP contribution is 2.36. The molecule has 23 heavy (non-hydrogen) atoms. The highest BCUT2D eigenvalue weighted by atomic mass is 16.5. The number of aromatic amines is 1. The zero-order chi connectivity index (χ0) is 16.3. The smallest absolute Gasteiger partial charge is 0.271 e. The molecule has 0 bridgehead atoms. The molecule has 1 spiro atoms. The maximum absolute atomic E-state index is 12.6. The second kappa shape index (κ2) is 6.70. The molecular weight excluding hydrogens is 296 g/mol. The first kappa shape index (κ1) is 16.0. The van der Waals surface area contributed by atoms with Crippen LogP contribution in [0, 0.1) is 0 Å². The van der Waals surface area contributed by atoms with Gasteiger partial charge in [-0.2, -0.15) is 5.10 Å². The molecule has 126 valence electrons. The van der Waals surface area contributed by atoms with Gasteiger partial charge in [-0.25, -0.2) is 0 Å². The summed E-state index contributed by atoms with van der Waals surface area (Å²) in [5, 5.41) is 6.59. The Morgan fingerprint density at radius 1 is 1.43 bits per heavy atom. The lowest BCUT2D eigenvalue weighted by atomic mass is 9.79. The van der Waals surface area contributed by atoms with Gasteiger partial charge >= 0.3 is 0 Å². The third-order valence-electron chi connectivity index (χ3n) is 5.00. The number of rotatable bonds is 4. The first-order valence-electron chi connectivity index (χ1n) is 8.24. The van der Waals surface area contributed by atoms with E-state index in [0.29, 0.717) is 31.8 Å². The molecule has 3 heterocycles. The molecule has 1 atom stereocenters. The quantitative estimate of drug-likeness (QED) is 0.899. The van der Waals surface area contributed by atoms with Gasteiger partial charge in [0.05, 0.1) is 12.1 Å². The molecule has 1 aromatic rings. The van der Waals surface area contributed by atoms with Crippen LogP contribution < -0.4 is 0 Å². The van der Waals surface area contributed by atoms with Crippen molar-refractivity contribution >= 4 is 11.8 Å². The number of hydrogen-bond acceptors (Lipinski definition) is 4. The zero-order valence-corrected chi connectivity index (χ0v) is 13.6. The van der Waals surface area contributed by atoms with Crippen LogP contribution >= 0.6 is 0 Å². The van der Waals surface area contributed by atoms with E-state index >= 15 is 0 Å². The molecule has 1 unspecified atom stereocenters. The highest BCUT2D eigenvalue weighted by molar-refractivity contribution is 5.92. The molecule has 2 fully saturated rings. The van der Waals surface area contributed by atoms with Crippen molar-refractivity contribution in [3.8, 4) is 0 Å². The Morgan fingerprint density at radius 3 is 3.00 bits per heavy atom.